The number of nitrogens with one attached hydrogen (secondary N) is 2. The smallest absolute Gasteiger partial charge is 0.322 e. The summed E-state index contributed by atoms with van der Waals surface area (Å²) in [6, 6.07) is 17.1. The summed E-state index contributed by atoms with van der Waals surface area (Å²) in [6.45, 7) is 5.45. The van der Waals surface area contributed by atoms with E-state index in [1.165, 1.54) is 17.3 Å². The van der Waals surface area contributed by atoms with Gasteiger partial charge in [0.1, 0.15) is 17.2 Å². The highest BCUT2D eigenvalue weighted by atomic mass is 16.5. The van der Waals surface area contributed by atoms with E-state index in [-0.39, 0.29) is 17.6 Å². The average molecular weight is 445 g/mol. The quantitative estimate of drug-likeness (QED) is 0.583. The maximum Gasteiger partial charge on any atom is 0.322 e. The highest BCUT2D eigenvalue weighted by Crippen LogP contribution is 2.28. The zero-order valence-corrected chi connectivity index (χ0v) is 19.1. The van der Waals surface area contributed by atoms with Crippen LogP contribution in [0.4, 0.5) is 10.5 Å². The zero-order valence-electron chi connectivity index (χ0n) is 19.1. The van der Waals surface area contributed by atoms with Gasteiger partial charge in [0.2, 0.25) is 0 Å². The average Bonchev–Trinajstić information content (AvgIpc) is 2.83. The molecule has 33 heavy (non-hydrogen) atoms. The van der Waals surface area contributed by atoms with Crippen molar-refractivity contribution in [1.82, 2.24) is 15.2 Å². The molecule has 7 nitrogen and oxygen atoms in total. The van der Waals surface area contributed by atoms with Crippen molar-refractivity contribution in [2.75, 3.05) is 18.9 Å². The minimum absolute atomic E-state index is 0.117. The molecule has 2 heterocycles. The molecule has 3 aromatic rings. The number of carbonyl (C=O) groups is 2. The molecular formula is C26H28N4O3. The van der Waals surface area contributed by atoms with Crippen LogP contribution < -0.4 is 15.4 Å². The number of benzene rings is 2. The third-order valence-electron chi connectivity index (χ3n) is 5.73. The molecule has 1 aromatic heterocycles. The van der Waals surface area contributed by atoms with E-state index in [0.29, 0.717) is 30.5 Å². The summed E-state index contributed by atoms with van der Waals surface area (Å²) in [5.74, 6) is 1.35. The first kappa shape index (κ1) is 22.3. The molecule has 0 saturated heterocycles. The van der Waals surface area contributed by atoms with Gasteiger partial charge in [-0.25, -0.2) is 4.79 Å². The molecule has 0 aliphatic carbocycles. The maximum atomic E-state index is 12.8. The van der Waals surface area contributed by atoms with E-state index in [1.807, 2.05) is 42.5 Å². The topological polar surface area (TPSA) is 83.6 Å². The lowest BCUT2D eigenvalue weighted by atomic mass is 9.99. The van der Waals surface area contributed by atoms with Crippen LogP contribution in [0.5, 0.6) is 11.5 Å². The van der Waals surface area contributed by atoms with E-state index in [2.05, 4.69) is 29.5 Å². The molecule has 1 aliphatic rings. The van der Waals surface area contributed by atoms with Crippen LogP contribution in [0.15, 0.2) is 60.8 Å². The van der Waals surface area contributed by atoms with Crippen molar-refractivity contribution in [1.29, 1.82) is 0 Å². The Morgan fingerprint density at radius 1 is 1.00 bits per heavy atom. The number of nitrogens with zero attached hydrogens (tertiary/aromatic N) is 2. The van der Waals surface area contributed by atoms with Crippen molar-refractivity contribution in [3.63, 3.8) is 0 Å². The summed E-state index contributed by atoms with van der Waals surface area (Å²) in [7, 11) is 1.56. The summed E-state index contributed by atoms with van der Waals surface area (Å²) in [5.41, 5.74) is 4.57. The Hall–Kier alpha value is -3.87. The number of amides is 3. The van der Waals surface area contributed by atoms with E-state index in [1.54, 1.807) is 24.1 Å². The SMILES string of the molecule is CNC(=O)c1cc(Oc2ccc3c(c2)CN(C(=O)Nc2ccc(C(C)C)cc2)CC3)ccn1. The second kappa shape index (κ2) is 9.73. The first-order valence-corrected chi connectivity index (χ1v) is 11.1. The van der Waals surface area contributed by atoms with Crippen LogP contribution in [-0.2, 0) is 13.0 Å². The van der Waals surface area contributed by atoms with Crippen LogP contribution in [0.25, 0.3) is 0 Å². The van der Waals surface area contributed by atoms with Crippen molar-refractivity contribution in [2.45, 2.75) is 32.7 Å². The first-order chi connectivity index (χ1) is 15.9. The number of anilines is 1. The number of pyridine rings is 1. The Bertz CT molecular complexity index is 1160. The molecule has 2 aromatic carbocycles. The molecule has 0 saturated carbocycles. The van der Waals surface area contributed by atoms with Gasteiger partial charge >= 0.3 is 6.03 Å². The van der Waals surface area contributed by atoms with Crippen LogP contribution >= 0.6 is 0 Å². The number of aromatic nitrogens is 1. The Balaban J connectivity index is 1.43. The fourth-order valence-electron chi connectivity index (χ4n) is 3.79. The largest absolute Gasteiger partial charge is 0.457 e. The Kier molecular flexibility index (Phi) is 6.58. The predicted molar refractivity (Wildman–Crippen MR) is 128 cm³/mol. The predicted octanol–water partition coefficient (Wildman–Crippen LogP) is 4.95. The van der Waals surface area contributed by atoms with E-state index < -0.39 is 0 Å². The molecule has 0 radical (unpaired) electrons. The van der Waals surface area contributed by atoms with E-state index >= 15 is 0 Å². The van der Waals surface area contributed by atoms with Gasteiger partial charge in [-0.05, 0) is 59.4 Å². The highest BCUT2D eigenvalue weighted by molar-refractivity contribution is 5.92. The number of hydrogen-bond donors (Lipinski definition) is 2. The lowest BCUT2D eigenvalue weighted by Crippen LogP contribution is -2.38. The number of urea groups is 1. The molecule has 0 bridgehead atoms. The van der Waals surface area contributed by atoms with Crippen LogP contribution in [0.3, 0.4) is 0 Å². The molecule has 0 atom stereocenters. The van der Waals surface area contributed by atoms with Gasteiger partial charge in [0.05, 0.1) is 0 Å². The van der Waals surface area contributed by atoms with Gasteiger partial charge in [-0.1, -0.05) is 32.0 Å². The molecule has 170 valence electrons. The minimum Gasteiger partial charge on any atom is -0.457 e. The number of ether oxygens (including phenoxy) is 1. The number of fused-ring (bicyclic) bond motifs is 1. The fourth-order valence-corrected chi connectivity index (χ4v) is 3.79. The van der Waals surface area contributed by atoms with Crippen LogP contribution in [0.1, 0.15) is 46.9 Å². The van der Waals surface area contributed by atoms with Crippen molar-refractivity contribution >= 4 is 17.6 Å². The fraction of sp³-hybridized carbons (Fsp3) is 0.269. The minimum atomic E-state index is -0.272. The van der Waals surface area contributed by atoms with Crippen LogP contribution in [0, 0.1) is 0 Å². The molecule has 7 heteroatoms. The maximum absolute atomic E-state index is 12.8. The monoisotopic (exact) mass is 444 g/mol. The van der Waals surface area contributed by atoms with Gasteiger partial charge in [0, 0.05) is 38.1 Å². The second-order valence-corrected chi connectivity index (χ2v) is 8.37. The number of rotatable bonds is 5. The van der Waals surface area contributed by atoms with Gasteiger partial charge in [-0.3, -0.25) is 9.78 Å². The van der Waals surface area contributed by atoms with E-state index in [4.69, 9.17) is 4.74 Å². The van der Waals surface area contributed by atoms with Gasteiger partial charge < -0.3 is 20.3 Å². The molecule has 1 aliphatic heterocycles. The Labute approximate surface area is 193 Å². The van der Waals surface area contributed by atoms with Crippen molar-refractivity contribution < 1.29 is 14.3 Å². The molecular weight excluding hydrogens is 416 g/mol. The van der Waals surface area contributed by atoms with Crippen molar-refractivity contribution in [3.05, 3.63) is 83.2 Å². The van der Waals surface area contributed by atoms with Crippen molar-refractivity contribution in [3.8, 4) is 11.5 Å². The van der Waals surface area contributed by atoms with Gasteiger partial charge in [-0.15, -0.1) is 0 Å². The lowest BCUT2D eigenvalue weighted by molar-refractivity contribution is 0.0958. The van der Waals surface area contributed by atoms with Crippen molar-refractivity contribution in [2.24, 2.45) is 0 Å². The lowest BCUT2D eigenvalue weighted by Gasteiger charge is -2.29. The summed E-state index contributed by atoms with van der Waals surface area (Å²) in [4.78, 5) is 30.5. The number of hydrogen-bond acceptors (Lipinski definition) is 4. The summed E-state index contributed by atoms with van der Waals surface area (Å²) < 4.78 is 5.96. The summed E-state index contributed by atoms with van der Waals surface area (Å²) in [5, 5.41) is 5.55. The van der Waals surface area contributed by atoms with Crippen LogP contribution in [-0.4, -0.2) is 35.4 Å². The Morgan fingerprint density at radius 2 is 1.76 bits per heavy atom. The summed E-state index contributed by atoms with van der Waals surface area (Å²) in [6.07, 6.45) is 2.32. The third kappa shape index (κ3) is 5.31. The molecule has 3 amide bonds. The highest BCUT2D eigenvalue weighted by Gasteiger charge is 2.21. The molecule has 2 N–H and O–H groups in total. The first-order valence-electron chi connectivity index (χ1n) is 11.1. The molecule has 0 spiro atoms. The molecule has 4 rings (SSSR count). The third-order valence-corrected chi connectivity index (χ3v) is 5.73. The van der Waals surface area contributed by atoms with E-state index in [9.17, 15) is 9.59 Å². The second-order valence-electron chi connectivity index (χ2n) is 8.37. The normalized spacial score (nSPS) is 12.8. The summed E-state index contributed by atoms with van der Waals surface area (Å²) >= 11 is 0. The van der Waals surface area contributed by atoms with Gasteiger partial charge in [0.25, 0.3) is 5.91 Å². The van der Waals surface area contributed by atoms with Crippen LogP contribution in [0.2, 0.25) is 0 Å². The zero-order chi connectivity index (χ0) is 23.4. The molecule has 0 unspecified atom stereocenters. The standard InChI is InChI=1S/C26H28N4O3/c1-17(2)18-4-7-21(8-5-18)29-26(32)30-13-11-19-6-9-22(14-20(19)16-30)33-23-10-12-28-24(15-23)25(31)27-3/h4-10,12,14-15,17H,11,13,16H2,1-3H3,(H,27,31)(H,29,32). The molecule has 0 fully saturated rings. The van der Waals surface area contributed by atoms with E-state index in [0.717, 1.165) is 17.7 Å². The number of carbonyl (C=O) groups excluding carboxylic acids is 2. The van der Waals surface area contributed by atoms with Gasteiger partial charge in [0.15, 0.2) is 0 Å². The van der Waals surface area contributed by atoms with Gasteiger partial charge in [-0.2, -0.15) is 0 Å². The Morgan fingerprint density at radius 3 is 2.48 bits per heavy atom.